The molecule has 0 bridgehead atoms. The predicted octanol–water partition coefficient (Wildman–Crippen LogP) is 3.81. The van der Waals surface area contributed by atoms with E-state index in [1.165, 1.54) is 12.8 Å². The zero-order chi connectivity index (χ0) is 17.9. The highest BCUT2D eigenvalue weighted by Gasteiger charge is 2.19. The zero-order valence-electron chi connectivity index (χ0n) is 15.2. The summed E-state index contributed by atoms with van der Waals surface area (Å²) < 4.78 is 1.77. The predicted molar refractivity (Wildman–Crippen MR) is 103 cm³/mol. The molecular formula is C21H24N4O. The maximum Gasteiger partial charge on any atom is 0.244 e. The molecule has 134 valence electrons. The first-order valence-electron chi connectivity index (χ1n) is 9.39. The van der Waals surface area contributed by atoms with Crippen molar-refractivity contribution in [2.45, 2.75) is 39.2 Å². The monoisotopic (exact) mass is 348 g/mol. The highest BCUT2D eigenvalue weighted by molar-refractivity contribution is 5.95. The molecule has 0 N–H and O–H groups in total. The van der Waals surface area contributed by atoms with Crippen LogP contribution >= 0.6 is 0 Å². The first kappa shape index (κ1) is 16.8. The summed E-state index contributed by atoms with van der Waals surface area (Å²) >= 11 is 0. The standard InChI is InChI=1S/C21H24N4O/c1-16-20-18(17-9-5-4-6-10-17)11-12-22-21(20)25(23-16)15-19(26)24-13-7-2-3-8-14-24/h4-6,9-12H,2-3,7-8,13-15H2,1H3. The van der Waals surface area contributed by atoms with E-state index in [9.17, 15) is 4.79 Å². The van der Waals surface area contributed by atoms with Gasteiger partial charge in [0.05, 0.1) is 5.69 Å². The summed E-state index contributed by atoms with van der Waals surface area (Å²) in [5.74, 6) is 0.142. The number of benzene rings is 1. The molecule has 1 aromatic carbocycles. The molecule has 5 heteroatoms. The average Bonchev–Trinajstić information content (AvgIpc) is 2.86. The van der Waals surface area contributed by atoms with Gasteiger partial charge in [0.15, 0.2) is 5.65 Å². The van der Waals surface area contributed by atoms with E-state index in [0.717, 1.165) is 53.8 Å². The summed E-state index contributed by atoms with van der Waals surface area (Å²) in [5, 5.41) is 5.67. The van der Waals surface area contributed by atoms with Crippen molar-refractivity contribution in [1.82, 2.24) is 19.7 Å². The van der Waals surface area contributed by atoms with Crippen LogP contribution in [0.25, 0.3) is 22.2 Å². The molecule has 3 heterocycles. The van der Waals surface area contributed by atoms with Crippen molar-refractivity contribution in [3.05, 3.63) is 48.3 Å². The molecule has 0 spiro atoms. The largest absolute Gasteiger partial charge is 0.341 e. The Kier molecular flexibility index (Phi) is 4.69. The fraction of sp³-hybridized carbons (Fsp3) is 0.381. The number of carbonyl (C=O) groups is 1. The molecule has 1 aliphatic rings. The van der Waals surface area contributed by atoms with Gasteiger partial charge in [-0.05, 0) is 37.0 Å². The van der Waals surface area contributed by atoms with Crippen molar-refractivity contribution >= 4 is 16.9 Å². The van der Waals surface area contributed by atoms with Crippen molar-refractivity contribution in [1.29, 1.82) is 0 Å². The van der Waals surface area contributed by atoms with Crippen LogP contribution in [0.2, 0.25) is 0 Å². The maximum atomic E-state index is 12.8. The normalized spacial score (nSPS) is 15.2. The lowest BCUT2D eigenvalue weighted by Gasteiger charge is -2.20. The number of hydrogen-bond donors (Lipinski definition) is 0. The minimum atomic E-state index is 0.142. The van der Waals surface area contributed by atoms with Gasteiger partial charge in [0.25, 0.3) is 0 Å². The van der Waals surface area contributed by atoms with Gasteiger partial charge < -0.3 is 4.90 Å². The Morgan fingerprint density at radius 3 is 2.50 bits per heavy atom. The second kappa shape index (κ2) is 7.28. The second-order valence-corrected chi connectivity index (χ2v) is 6.96. The third-order valence-corrected chi connectivity index (χ3v) is 5.14. The summed E-state index contributed by atoms with van der Waals surface area (Å²) in [4.78, 5) is 19.3. The molecule has 4 rings (SSSR count). The topological polar surface area (TPSA) is 51.0 Å². The number of likely N-dealkylation sites (tertiary alicyclic amines) is 1. The first-order valence-corrected chi connectivity index (χ1v) is 9.39. The Balaban J connectivity index is 1.68. The van der Waals surface area contributed by atoms with E-state index in [2.05, 4.69) is 22.2 Å². The minimum Gasteiger partial charge on any atom is -0.341 e. The lowest BCUT2D eigenvalue weighted by Crippen LogP contribution is -2.34. The van der Waals surface area contributed by atoms with Crippen LogP contribution in [0.5, 0.6) is 0 Å². The molecule has 3 aromatic rings. The number of aromatic nitrogens is 3. The zero-order valence-corrected chi connectivity index (χ0v) is 15.2. The molecule has 0 atom stereocenters. The number of carbonyl (C=O) groups excluding carboxylic acids is 1. The Labute approximate surface area is 153 Å². The number of pyridine rings is 1. The van der Waals surface area contributed by atoms with Crippen LogP contribution in [0.3, 0.4) is 0 Å². The molecular weight excluding hydrogens is 324 g/mol. The van der Waals surface area contributed by atoms with E-state index in [0.29, 0.717) is 0 Å². The van der Waals surface area contributed by atoms with Gasteiger partial charge in [-0.1, -0.05) is 43.2 Å². The van der Waals surface area contributed by atoms with E-state index < -0.39 is 0 Å². The van der Waals surface area contributed by atoms with Crippen LogP contribution in [0.4, 0.5) is 0 Å². The lowest BCUT2D eigenvalue weighted by molar-refractivity contribution is -0.131. The smallest absolute Gasteiger partial charge is 0.244 e. The molecule has 1 aliphatic heterocycles. The summed E-state index contributed by atoms with van der Waals surface area (Å²) in [6.45, 7) is 3.97. The molecule has 1 amide bonds. The van der Waals surface area contributed by atoms with Crippen molar-refractivity contribution in [3.8, 4) is 11.1 Å². The quantitative estimate of drug-likeness (QED) is 0.723. The van der Waals surface area contributed by atoms with Gasteiger partial charge in [-0.15, -0.1) is 0 Å². The molecule has 1 fully saturated rings. The number of hydrogen-bond acceptors (Lipinski definition) is 3. The summed E-state index contributed by atoms with van der Waals surface area (Å²) in [6.07, 6.45) is 6.44. The fourth-order valence-corrected chi connectivity index (χ4v) is 3.80. The summed E-state index contributed by atoms with van der Waals surface area (Å²) in [6, 6.07) is 12.3. The lowest BCUT2D eigenvalue weighted by atomic mass is 10.0. The van der Waals surface area contributed by atoms with Crippen molar-refractivity contribution in [2.24, 2.45) is 0 Å². The highest BCUT2D eigenvalue weighted by atomic mass is 16.2. The number of aryl methyl sites for hydroxylation is 1. The Morgan fingerprint density at radius 1 is 1.04 bits per heavy atom. The molecule has 0 radical (unpaired) electrons. The Bertz CT molecular complexity index is 908. The third-order valence-electron chi connectivity index (χ3n) is 5.14. The number of nitrogens with zero attached hydrogens (tertiary/aromatic N) is 4. The first-order chi connectivity index (χ1) is 12.7. The van der Waals surface area contributed by atoms with E-state index in [1.54, 1.807) is 10.9 Å². The Hall–Kier alpha value is -2.69. The molecule has 1 saturated heterocycles. The molecule has 0 unspecified atom stereocenters. The average molecular weight is 348 g/mol. The van der Waals surface area contributed by atoms with Crippen LogP contribution in [0.1, 0.15) is 31.4 Å². The van der Waals surface area contributed by atoms with Gasteiger partial charge in [0.1, 0.15) is 6.54 Å². The van der Waals surface area contributed by atoms with Gasteiger partial charge in [0, 0.05) is 24.7 Å². The van der Waals surface area contributed by atoms with Crippen molar-refractivity contribution in [2.75, 3.05) is 13.1 Å². The summed E-state index contributed by atoms with van der Waals surface area (Å²) in [7, 11) is 0. The van der Waals surface area contributed by atoms with Crippen LogP contribution in [0, 0.1) is 6.92 Å². The SMILES string of the molecule is Cc1nn(CC(=O)N2CCCCCC2)c2nccc(-c3ccccc3)c12. The number of rotatable bonds is 3. The van der Waals surface area contributed by atoms with E-state index >= 15 is 0 Å². The van der Waals surface area contributed by atoms with Gasteiger partial charge >= 0.3 is 0 Å². The van der Waals surface area contributed by atoms with E-state index in [-0.39, 0.29) is 12.5 Å². The Morgan fingerprint density at radius 2 is 1.77 bits per heavy atom. The minimum absolute atomic E-state index is 0.142. The van der Waals surface area contributed by atoms with Crippen LogP contribution in [-0.2, 0) is 11.3 Å². The van der Waals surface area contributed by atoms with Crippen molar-refractivity contribution in [3.63, 3.8) is 0 Å². The second-order valence-electron chi connectivity index (χ2n) is 6.96. The third kappa shape index (κ3) is 3.21. The molecule has 5 nitrogen and oxygen atoms in total. The van der Waals surface area contributed by atoms with Crippen molar-refractivity contribution < 1.29 is 4.79 Å². The van der Waals surface area contributed by atoms with Crippen LogP contribution < -0.4 is 0 Å². The van der Waals surface area contributed by atoms with Gasteiger partial charge in [-0.3, -0.25) is 4.79 Å². The molecule has 0 saturated carbocycles. The van der Waals surface area contributed by atoms with Crippen LogP contribution in [0.15, 0.2) is 42.6 Å². The van der Waals surface area contributed by atoms with E-state index in [1.807, 2.05) is 36.1 Å². The van der Waals surface area contributed by atoms with Gasteiger partial charge in [-0.2, -0.15) is 5.10 Å². The molecule has 26 heavy (non-hydrogen) atoms. The summed E-state index contributed by atoms with van der Waals surface area (Å²) in [5.41, 5.74) is 3.95. The van der Waals surface area contributed by atoms with Crippen LogP contribution in [-0.4, -0.2) is 38.7 Å². The number of fused-ring (bicyclic) bond motifs is 1. The highest BCUT2D eigenvalue weighted by Crippen LogP contribution is 2.29. The number of amides is 1. The van der Waals surface area contributed by atoms with Gasteiger partial charge in [-0.25, -0.2) is 9.67 Å². The van der Waals surface area contributed by atoms with Gasteiger partial charge in [0.2, 0.25) is 5.91 Å². The van der Waals surface area contributed by atoms with E-state index in [4.69, 9.17) is 0 Å². The molecule has 0 aliphatic carbocycles. The molecule has 2 aromatic heterocycles. The maximum absolute atomic E-state index is 12.8. The fourth-order valence-electron chi connectivity index (χ4n) is 3.80.